The second-order valence-corrected chi connectivity index (χ2v) is 2.29. The van der Waals surface area contributed by atoms with Crippen molar-refractivity contribution in [3.63, 3.8) is 0 Å². The molecule has 0 heterocycles. The number of urea groups is 1. The van der Waals surface area contributed by atoms with Crippen LogP contribution in [-0.2, 0) is 14.3 Å². The van der Waals surface area contributed by atoms with Crippen LogP contribution in [-0.4, -0.2) is 31.1 Å². The maximum absolute atomic E-state index is 10.8. The van der Waals surface area contributed by atoms with Gasteiger partial charge in [-0.05, 0) is 6.92 Å². The molecule has 0 atom stereocenters. The number of hydrazine groups is 1. The smallest absolute Gasteiger partial charge is 0.333 e. The molecule has 0 spiro atoms. The van der Waals surface area contributed by atoms with Crippen molar-refractivity contribution in [3.8, 4) is 0 Å². The van der Waals surface area contributed by atoms with E-state index in [0.717, 1.165) is 0 Å². The first-order valence-electron chi connectivity index (χ1n) is 4.02. The predicted octanol–water partition coefficient (Wildman–Crippen LogP) is -1.10. The average molecular weight is 203 g/mol. The fraction of sp³-hybridized carbons (Fsp3) is 0.571. The first-order chi connectivity index (χ1) is 6.56. The van der Waals surface area contributed by atoms with Crippen LogP contribution in [0.3, 0.4) is 0 Å². The molecule has 0 aliphatic rings. The molecular weight excluding hydrogens is 190 g/mol. The molecule has 3 amide bonds. The van der Waals surface area contributed by atoms with Crippen molar-refractivity contribution in [2.45, 2.75) is 13.8 Å². The maximum atomic E-state index is 10.8. The fourth-order valence-corrected chi connectivity index (χ4v) is 0.553. The lowest BCUT2D eigenvalue weighted by atomic mass is 10.6. The SMILES string of the molecule is CCOC(=O)CNC(=O)NNC(C)=O. The Morgan fingerprint density at radius 2 is 1.86 bits per heavy atom. The summed E-state index contributed by atoms with van der Waals surface area (Å²) in [6, 6.07) is -0.673. The van der Waals surface area contributed by atoms with Gasteiger partial charge in [0.1, 0.15) is 6.54 Å². The first kappa shape index (κ1) is 12.2. The van der Waals surface area contributed by atoms with Crippen molar-refractivity contribution >= 4 is 17.9 Å². The van der Waals surface area contributed by atoms with Gasteiger partial charge in [-0.25, -0.2) is 10.2 Å². The minimum Gasteiger partial charge on any atom is -0.465 e. The number of nitrogens with one attached hydrogen (secondary N) is 3. The number of hydrogen-bond acceptors (Lipinski definition) is 4. The van der Waals surface area contributed by atoms with Crippen LogP contribution >= 0.6 is 0 Å². The number of carbonyl (C=O) groups excluding carboxylic acids is 3. The van der Waals surface area contributed by atoms with Crippen molar-refractivity contribution in [1.82, 2.24) is 16.2 Å². The van der Waals surface area contributed by atoms with E-state index in [4.69, 9.17) is 0 Å². The van der Waals surface area contributed by atoms with Gasteiger partial charge in [0.2, 0.25) is 5.91 Å². The van der Waals surface area contributed by atoms with Gasteiger partial charge < -0.3 is 10.1 Å². The van der Waals surface area contributed by atoms with E-state index in [0.29, 0.717) is 0 Å². The molecule has 0 aromatic rings. The molecule has 0 aliphatic heterocycles. The summed E-state index contributed by atoms with van der Waals surface area (Å²) in [6.07, 6.45) is 0. The molecule has 0 aliphatic carbocycles. The van der Waals surface area contributed by atoms with Crippen LogP contribution in [0.25, 0.3) is 0 Å². The minimum atomic E-state index is -0.673. The van der Waals surface area contributed by atoms with Crippen LogP contribution in [0.1, 0.15) is 13.8 Å². The Kier molecular flexibility index (Phi) is 5.84. The largest absolute Gasteiger partial charge is 0.465 e. The summed E-state index contributed by atoms with van der Waals surface area (Å²) < 4.78 is 4.55. The molecule has 0 aromatic heterocycles. The highest BCUT2D eigenvalue weighted by molar-refractivity contribution is 5.82. The third kappa shape index (κ3) is 6.89. The van der Waals surface area contributed by atoms with Crippen molar-refractivity contribution in [3.05, 3.63) is 0 Å². The van der Waals surface area contributed by atoms with Crippen LogP contribution < -0.4 is 16.2 Å². The Hall–Kier alpha value is -1.79. The monoisotopic (exact) mass is 203 g/mol. The molecule has 3 N–H and O–H groups in total. The number of esters is 1. The second-order valence-electron chi connectivity index (χ2n) is 2.29. The second kappa shape index (κ2) is 6.70. The number of ether oxygens (including phenoxy) is 1. The average Bonchev–Trinajstić information content (AvgIpc) is 2.12. The molecule has 0 unspecified atom stereocenters. The molecule has 0 aromatic carbocycles. The van der Waals surface area contributed by atoms with E-state index in [9.17, 15) is 14.4 Å². The lowest BCUT2D eigenvalue weighted by molar-refractivity contribution is -0.141. The van der Waals surface area contributed by atoms with Crippen molar-refractivity contribution in [2.24, 2.45) is 0 Å². The number of amides is 3. The number of rotatable bonds is 3. The van der Waals surface area contributed by atoms with Crippen LogP contribution in [0.2, 0.25) is 0 Å². The lowest BCUT2D eigenvalue weighted by Gasteiger charge is -2.06. The summed E-state index contributed by atoms with van der Waals surface area (Å²) in [5.74, 6) is -0.943. The van der Waals surface area contributed by atoms with Gasteiger partial charge in [0.15, 0.2) is 0 Å². The predicted molar refractivity (Wildman–Crippen MR) is 47.0 cm³/mol. The van der Waals surface area contributed by atoms with E-state index in [-0.39, 0.29) is 13.2 Å². The van der Waals surface area contributed by atoms with Gasteiger partial charge in [-0.2, -0.15) is 0 Å². The standard InChI is InChI=1S/C7H13N3O4/c1-3-14-6(12)4-8-7(13)10-9-5(2)11/h3-4H2,1-2H3,(H,9,11)(H2,8,10,13). The van der Waals surface area contributed by atoms with E-state index < -0.39 is 17.9 Å². The van der Waals surface area contributed by atoms with Gasteiger partial charge in [-0.3, -0.25) is 15.0 Å². The number of carbonyl (C=O) groups is 3. The van der Waals surface area contributed by atoms with Crippen molar-refractivity contribution in [2.75, 3.05) is 13.2 Å². The van der Waals surface area contributed by atoms with Gasteiger partial charge in [-0.15, -0.1) is 0 Å². The Labute approximate surface area is 81.1 Å². The fourth-order valence-electron chi connectivity index (χ4n) is 0.553. The van der Waals surface area contributed by atoms with Crippen molar-refractivity contribution in [1.29, 1.82) is 0 Å². The lowest BCUT2D eigenvalue weighted by Crippen LogP contribution is -2.47. The van der Waals surface area contributed by atoms with Crippen LogP contribution in [0.4, 0.5) is 4.79 Å². The van der Waals surface area contributed by atoms with Gasteiger partial charge in [-0.1, -0.05) is 0 Å². The Bertz CT molecular complexity index is 229. The van der Waals surface area contributed by atoms with Crippen LogP contribution in [0, 0.1) is 0 Å². The zero-order valence-corrected chi connectivity index (χ0v) is 8.05. The quantitative estimate of drug-likeness (QED) is 0.400. The molecule has 0 saturated carbocycles. The summed E-state index contributed by atoms with van der Waals surface area (Å²) >= 11 is 0. The Morgan fingerprint density at radius 1 is 1.21 bits per heavy atom. The molecule has 0 radical (unpaired) electrons. The highest BCUT2D eigenvalue weighted by Gasteiger charge is 2.04. The highest BCUT2D eigenvalue weighted by atomic mass is 16.5. The van der Waals surface area contributed by atoms with Crippen molar-refractivity contribution < 1.29 is 19.1 Å². The molecule has 0 fully saturated rings. The van der Waals surface area contributed by atoms with Gasteiger partial charge in [0, 0.05) is 6.92 Å². The maximum Gasteiger partial charge on any atom is 0.333 e. The molecule has 7 nitrogen and oxygen atoms in total. The van der Waals surface area contributed by atoms with Crippen LogP contribution in [0.15, 0.2) is 0 Å². The minimum absolute atomic E-state index is 0.237. The molecule has 0 saturated heterocycles. The third-order valence-corrected chi connectivity index (χ3v) is 1.05. The van der Waals surface area contributed by atoms with Crippen LogP contribution in [0.5, 0.6) is 0 Å². The Morgan fingerprint density at radius 3 is 2.36 bits per heavy atom. The van der Waals surface area contributed by atoms with Gasteiger partial charge >= 0.3 is 12.0 Å². The third-order valence-electron chi connectivity index (χ3n) is 1.05. The first-order valence-corrected chi connectivity index (χ1v) is 4.02. The molecule has 0 bridgehead atoms. The normalized spacial score (nSPS) is 8.71. The Balaban J connectivity index is 3.53. The van der Waals surface area contributed by atoms with Gasteiger partial charge in [0.05, 0.1) is 6.61 Å². The van der Waals surface area contributed by atoms with E-state index in [1.807, 2.05) is 10.9 Å². The van der Waals surface area contributed by atoms with E-state index >= 15 is 0 Å². The van der Waals surface area contributed by atoms with E-state index in [2.05, 4.69) is 10.1 Å². The molecule has 14 heavy (non-hydrogen) atoms. The van der Waals surface area contributed by atoms with E-state index in [1.54, 1.807) is 6.92 Å². The summed E-state index contributed by atoms with van der Waals surface area (Å²) in [5, 5.41) is 2.18. The number of hydrogen-bond donors (Lipinski definition) is 3. The summed E-state index contributed by atoms with van der Waals surface area (Å²) in [6.45, 7) is 2.92. The zero-order valence-electron chi connectivity index (χ0n) is 8.05. The molecular formula is C7H13N3O4. The van der Waals surface area contributed by atoms with Gasteiger partial charge in [0.25, 0.3) is 0 Å². The molecule has 80 valence electrons. The highest BCUT2D eigenvalue weighted by Crippen LogP contribution is 1.74. The summed E-state index contributed by atoms with van der Waals surface area (Å²) in [4.78, 5) is 31.9. The topological polar surface area (TPSA) is 96.5 Å². The molecule has 7 heteroatoms. The van der Waals surface area contributed by atoms with E-state index in [1.165, 1.54) is 6.92 Å². The summed E-state index contributed by atoms with van der Waals surface area (Å²) in [7, 11) is 0. The summed E-state index contributed by atoms with van der Waals surface area (Å²) in [5.41, 5.74) is 4.07. The molecule has 0 rings (SSSR count). The zero-order chi connectivity index (χ0) is 11.0.